The summed E-state index contributed by atoms with van der Waals surface area (Å²) in [6.45, 7) is 7.03. The van der Waals surface area contributed by atoms with Crippen LogP contribution in [0.1, 0.15) is 32.5 Å². The smallest absolute Gasteiger partial charge is 0.237 e. The number of carbonyl (C=O) groups is 2. The van der Waals surface area contributed by atoms with Gasteiger partial charge < -0.3 is 15.2 Å². The number of hydrogen-bond donors (Lipinski definition) is 2. The van der Waals surface area contributed by atoms with Gasteiger partial charge in [-0.25, -0.2) is 4.98 Å². The van der Waals surface area contributed by atoms with Crippen molar-refractivity contribution in [3.8, 4) is 0 Å². The van der Waals surface area contributed by atoms with E-state index in [-0.39, 0.29) is 24.3 Å². The number of H-pyrrole nitrogens is 1. The number of amides is 2. The summed E-state index contributed by atoms with van der Waals surface area (Å²) in [5.74, 6) is 1.22. The molecule has 2 amide bonds. The van der Waals surface area contributed by atoms with Crippen LogP contribution in [0.3, 0.4) is 0 Å². The third kappa shape index (κ3) is 4.86. The molecule has 2 N–H and O–H groups in total. The number of hydrogen-bond acceptors (Lipinski definition) is 4. The number of piperazine rings is 1. The van der Waals surface area contributed by atoms with Gasteiger partial charge in [-0.15, -0.1) is 0 Å². The van der Waals surface area contributed by atoms with Crippen molar-refractivity contribution in [2.75, 3.05) is 26.7 Å². The third-order valence-corrected chi connectivity index (χ3v) is 5.05. The minimum Gasteiger partial charge on any atom is -0.353 e. The Balaban J connectivity index is 1.61. The van der Waals surface area contributed by atoms with Crippen LogP contribution in [0.25, 0.3) is 11.0 Å². The number of imidazole rings is 1. The number of nitrogens with zero attached hydrogens (tertiary/aromatic N) is 3. The third-order valence-electron chi connectivity index (χ3n) is 5.05. The Morgan fingerprint density at radius 2 is 2.15 bits per heavy atom. The van der Waals surface area contributed by atoms with E-state index < -0.39 is 0 Å². The molecule has 0 unspecified atom stereocenters. The Bertz CT molecular complexity index is 768. The number of benzene rings is 1. The van der Waals surface area contributed by atoms with Crippen LogP contribution in [0, 0.1) is 5.92 Å². The zero-order valence-corrected chi connectivity index (χ0v) is 16.4. The Morgan fingerprint density at radius 3 is 2.89 bits per heavy atom. The molecule has 1 fully saturated rings. The molecule has 2 aromatic rings. The number of aromatic nitrogens is 2. The van der Waals surface area contributed by atoms with E-state index >= 15 is 0 Å². The lowest BCUT2D eigenvalue weighted by Crippen LogP contribution is -2.56. The average Bonchev–Trinajstić information content (AvgIpc) is 3.04. The number of aromatic amines is 1. The van der Waals surface area contributed by atoms with Crippen LogP contribution in [0.5, 0.6) is 0 Å². The monoisotopic (exact) mass is 371 g/mol. The van der Waals surface area contributed by atoms with Crippen molar-refractivity contribution in [1.29, 1.82) is 0 Å². The first kappa shape index (κ1) is 19.4. The molecule has 0 radical (unpaired) electrons. The first-order chi connectivity index (χ1) is 12.9. The molecule has 2 heterocycles. The second kappa shape index (κ2) is 8.52. The van der Waals surface area contributed by atoms with Gasteiger partial charge in [0, 0.05) is 20.1 Å². The normalized spacial score (nSPS) is 18.1. The molecular weight excluding hydrogens is 342 g/mol. The van der Waals surface area contributed by atoms with Gasteiger partial charge in [0.1, 0.15) is 5.82 Å². The lowest BCUT2D eigenvalue weighted by molar-refractivity contribution is -0.138. The van der Waals surface area contributed by atoms with Gasteiger partial charge in [0.05, 0.1) is 30.0 Å². The quantitative estimate of drug-likeness (QED) is 0.777. The SMILES string of the molecule is CC(C)CCN1CCNC(=O)[C@H]1CC(=O)N(C)Cc1nc2ccccc2[nH]1. The van der Waals surface area contributed by atoms with E-state index in [0.717, 1.165) is 36.4 Å². The molecule has 1 aliphatic rings. The van der Waals surface area contributed by atoms with Gasteiger partial charge in [-0.2, -0.15) is 0 Å². The van der Waals surface area contributed by atoms with Crippen molar-refractivity contribution >= 4 is 22.8 Å². The highest BCUT2D eigenvalue weighted by Gasteiger charge is 2.32. The Labute approximate surface area is 160 Å². The molecule has 1 saturated heterocycles. The second-order valence-corrected chi connectivity index (χ2v) is 7.68. The fourth-order valence-electron chi connectivity index (χ4n) is 3.39. The molecule has 0 spiro atoms. The van der Waals surface area contributed by atoms with Crippen LogP contribution >= 0.6 is 0 Å². The molecule has 1 aromatic carbocycles. The van der Waals surface area contributed by atoms with E-state index in [2.05, 4.69) is 34.0 Å². The van der Waals surface area contributed by atoms with Crippen LogP contribution in [0.15, 0.2) is 24.3 Å². The molecule has 1 atom stereocenters. The molecule has 1 aromatic heterocycles. The van der Waals surface area contributed by atoms with E-state index in [9.17, 15) is 9.59 Å². The highest BCUT2D eigenvalue weighted by Crippen LogP contribution is 2.15. The second-order valence-electron chi connectivity index (χ2n) is 7.68. The highest BCUT2D eigenvalue weighted by atomic mass is 16.2. The Morgan fingerprint density at radius 1 is 1.37 bits per heavy atom. The number of para-hydroxylation sites is 2. The average molecular weight is 371 g/mol. The standard InChI is InChI=1S/C20H29N5O2/c1-14(2)8-10-25-11-9-21-20(27)17(25)12-19(26)24(3)13-18-22-15-6-4-5-7-16(15)23-18/h4-7,14,17H,8-13H2,1-3H3,(H,21,27)(H,22,23)/t17-/m1/s1. The van der Waals surface area contributed by atoms with Gasteiger partial charge in [-0.05, 0) is 31.0 Å². The fourth-order valence-corrected chi connectivity index (χ4v) is 3.39. The highest BCUT2D eigenvalue weighted by molar-refractivity contribution is 5.88. The molecule has 0 bridgehead atoms. The number of rotatable bonds is 7. The number of carbonyl (C=O) groups excluding carboxylic acids is 2. The largest absolute Gasteiger partial charge is 0.353 e. The van der Waals surface area contributed by atoms with E-state index in [0.29, 0.717) is 19.0 Å². The number of nitrogens with one attached hydrogen (secondary N) is 2. The fraction of sp³-hybridized carbons (Fsp3) is 0.550. The molecule has 0 saturated carbocycles. The summed E-state index contributed by atoms with van der Waals surface area (Å²) < 4.78 is 0. The van der Waals surface area contributed by atoms with Gasteiger partial charge in [0.25, 0.3) is 0 Å². The Hall–Kier alpha value is -2.41. The summed E-state index contributed by atoms with van der Waals surface area (Å²) in [6.07, 6.45) is 1.22. The molecular formula is C20H29N5O2. The maximum absolute atomic E-state index is 12.7. The predicted octanol–water partition coefficient (Wildman–Crippen LogP) is 1.76. The summed E-state index contributed by atoms with van der Waals surface area (Å²) in [4.78, 5) is 36.6. The summed E-state index contributed by atoms with van der Waals surface area (Å²) in [6, 6.07) is 7.41. The minimum absolute atomic E-state index is 0.0458. The van der Waals surface area contributed by atoms with Crippen LogP contribution in [0.2, 0.25) is 0 Å². The van der Waals surface area contributed by atoms with Gasteiger partial charge in [0.2, 0.25) is 11.8 Å². The van der Waals surface area contributed by atoms with Crippen LogP contribution in [-0.2, 0) is 16.1 Å². The van der Waals surface area contributed by atoms with Crippen molar-refractivity contribution in [1.82, 2.24) is 25.1 Å². The maximum atomic E-state index is 12.7. The van der Waals surface area contributed by atoms with Crippen molar-refractivity contribution in [2.45, 2.75) is 39.3 Å². The zero-order valence-electron chi connectivity index (χ0n) is 16.4. The minimum atomic E-state index is -0.386. The van der Waals surface area contributed by atoms with Crippen LogP contribution in [0.4, 0.5) is 0 Å². The molecule has 27 heavy (non-hydrogen) atoms. The molecule has 7 nitrogen and oxygen atoms in total. The maximum Gasteiger partial charge on any atom is 0.237 e. The van der Waals surface area contributed by atoms with E-state index in [1.165, 1.54) is 0 Å². The van der Waals surface area contributed by atoms with Crippen molar-refractivity contribution in [3.63, 3.8) is 0 Å². The molecule has 146 valence electrons. The molecule has 7 heteroatoms. The van der Waals surface area contributed by atoms with Gasteiger partial charge in [-0.1, -0.05) is 26.0 Å². The van der Waals surface area contributed by atoms with Crippen molar-refractivity contribution in [2.24, 2.45) is 5.92 Å². The van der Waals surface area contributed by atoms with Gasteiger partial charge >= 0.3 is 0 Å². The first-order valence-corrected chi connectivity index (χ1v) is 9.63. The zero-order chi connectivity index (χ0) is 19.4. The Kier molecular flexibility index (Phi) is 6.11. The summed E-state index contributed by atoms with van der Waals surface area (Å²) in [7, 11) is 1.76. The predicted molar refractivity (Wildman–Crippen MR) is 105 cm³/mol. The molecule has 0 aliphatic carbocycles. The molecule has 1 aliphatic heterocycles. The van der Waals surface area contributed by atoms with Crippen molar-refractivity contribution < 1.29 is 9.59 Å². The molecule has 3 rings (SSSR count). The first-order valence-electron chi connectivity index (χ1n) is 9.63. The van der Waals surface area contributed by atoms with Gasteiger partial charge in [-0.3, -0.25) is 14.5 Å². The lowest BCUT2D eigenvalue weighted by Gasteiger charge is -2.35. The summed E-state index contributed by atoms with van der Waals surface area (Å²) in [5.41, 5.74) is 1.85. The van der Waals surface area contributed by atoms with Crippen LogP contribution in [-0.4, -0.2) is 64.3 Å². The van der Waals surface area contributed by atoms with Crippen LogP contribution < -0.4 is 5.32 Å². The van der Waals surface area contributed by atoms with E-state index in [1.807, 2.05) is 24.3 Å². The summed E-state index contributed by atoms with van der Waals surface area (Å²) >= 11 is 0. The van der Waals surface area contributed by atoms with E-state index in [1.54, 1.807) is 11.9 Å². The topological polar surface area (TPSA) is 81.3 Å². The number of fused-ring (bicyclic) bond motifs is 1. The van der Waals surface area contributed by atoms with Crippen molar-refractivity contribution in [3.05, 3.63) is 30.1 Å². The van der Waals surface area contributed by atoms with E-state index in [4.69, 9.17) is 0 Å². The lowest BCUT2D eigenvalue weighted by atomic mass is 10.1. The summed E-state index contributed by atoms with van der Waals surface area (Å²) in [5, 5.41) is 2.89. The van der Waals surface area contributed by atoms with Gasteiger partial charge in [0.15, 0.2) is 0 Å².